The maximum absolute atomic E-state index is 15.2. The lowest BCUT2D eigenvalue weighted by Gasteiger charge is -2.33. The Bertz CT molecular complexity index is 1430. The third-order valence-corrected chi connectivity index (χ3v) is 7.66. The Labute approximate surface area is 212 Å². The van der Waals surface area contributed by atoms with Crippen molar-refractivity contribution in [2.24, 2.45) is 0 Å². The van der Waals surface area contributed by atoms with E-state index in [9.17, 15) is 18.0 Å². The molecule has 2 amide bonds. The fourth-order valence-corrected chi connectivity index (χ4v) is 5.26. The molecule has 3 aromatic rings. The lowest BCUT2D eigenvalue weighted by Crippen LogP contribution is -2.52. The van der Waals surface area contributed by atoms with Gasteiger partial charge in [0.25, 0.3) is 5.91 Å². The summed E-state index contributed by atoms with van der Waals surface area (Å²) in [6.07, 6.45) is 2.05. The van der Waals surface area contributed by atoms with E-state index in [1.54, 1.807) is 24.3 Å². The molecule has 0 spiro atoms. The van der Waals surface area contributed by atoms with Crippen molar-refractivity contribution in [3.05, 3.63) is 82.1 Å². The topological polar surface area (TPSA) is 83.6 Å². The molecule has 3 aromatic carbocycles. The second-order valence-corrected chi connectivity index (χ2v) is 11.0. The lowest BCUT2D eigenvalue weighted by atomic mass is 10.0. The third kappa shape index (κ3) is 5.34. The average Bonchev–Trinajstić information content (AvgIpc) is 2.82. The molecular weight excluding hydrogens is 514 g/mol. The van der Waals surface area contributed by atoms with Gasteiger partial charge in [0.15, 0.2) is 9.84 Å². The number of carbonyl (C=O) groups is 2. The first-order valence-corrected chi connectivity index (χ1v) is 13.4. The van der Waals surface area contributed by atoms with E-state index in [0.29, 0.717) is 29.0 Å². The monoisotopic (exact) mass is 534 g/mol. The molecule has 6 nitrogen and oxygen atoms in total. The predicted molar refractivity (Wildman–Crippen MR) is 134 cm³/mol. The molecule has 0 radical (unpaired) electrons. The fourth-order valence-electron chi connectivity index (χ4n) is 4.05. The fraction of sp³-hybridized carbons (Fsp3) is 0.200. The van der Waals surface area contributed by atoms with Gasteiger partial charge in [0.2, 0.25) is 5.91 Å². The number of benzene rings is 3. The minimum atomic E-state index is -3.52. The summed E-state index contributed by atoms with van der Waals surface area (Å²) in [6, 6.07) is 14.1. The first-order valence-electron chi connectivity index (χ1n) is 10.7. The molecule has 1 atom stereocenters. The highest BCUT2D eigenvalue weighted by atomic mass is 35.5. The van der Waals surface area contributed by atoms with Gasteiger partial charge in [-0.2, -0.15) is 0 Å². The Morgan fingerprint density at radius 2 is 1.80 bits per heavy atom. The Morgan fingerprint density at radius 3 is 2.49 bits per heavy atom. The number of sulfone groups is 1. The summed E-state index contributed by atoms with van der Waals surface area (Å²) in [7, 11) is -3.52. The van der Waals surface area contributed by atoms with Gasteiger partial charge in [0.05, 0.1) is 20.6 Å². The van der Waals surface area contributed by atoms with Gasteiger partial charge in [0.1, 0.15) is 11.9 Å². The Hall–Kier alpha value is -2.94. The molecule has 1 saturated heterocycles. The Kier molecular flexibility index (Phi) is 7.17. The van der Waals surface area contributed by atoms with Gasteiger partial charge in [-0.25, -0.2) is 12.8 Å². The van der Waals surface area contributed by atoms with E-state index >= 15 is 4.39 Å². The van der Waals surface area contributed by atoms with Gasteiger partial charge in [0, 0.05) is 23.9 Å². The van der Waals surface area contributed by atoms with E-state index < -0.39 is 33.5 Å². The van der Waals surface area contributed by atoms with Crippen LogP contribution in [0.5, 0.6) is 0 Å². The maximum atomic E-state index is 15.2. The van der Waals surface area contributed by atoms with Crippen molar-refractivity contribution in [2.75, 3.05) is 17.7 Å². The first kappa shape index (κ1) is 25.2. The van der Waals surface area contributed by atoms with Crippen molar-refractivity contribution in [1.29, 1.82) is 0 Å². The smallest absolute Gasteiger partial charge is 0.251 e. The molecular formula is C25H21Cl2FN2O4S. The number of carbonyl (C=O) groups excluding carboxylic acids is 2. The van der Waals surface area contributed by atoms with Crippen LogP contribution in [0.2, 0.25) is 10.0 Å². The Morgan fingerprint density at radius 1 is 1.06 bits per heavy atom. The van der Waals surface area contributed by atoms with Crippen LogP contribution in [-0.2, 0) is 14.6 Å². The van der Waals surface area contributed by atoms with Crippen LogP contribution in [0, 0.1) is 5.82 Å². The summed E-state index contributed by atoms with van der Waals surface area (Å²) in [4.78, 5) is 27.2. The summed E-state index contributed by atoms with van der Waals surface area (Å²) in [5, 5.41) is 3.22. The molecule has 182 valence electrons. The zero-order valence-corrected chi connectivity index (χ0v) is 20.9. The number of hydrogen-bond donors (Lipinski definition) is 1. The molecule has 1 heterocycles. The SMILES string of the molecule is CS(=O)(=O)c1ccccc1-c1ccc(N2CCCC(NC(=O)c3ccc(Cl)c(Cl)c3)C2=O)c(F)c1. The Balaban J connectivity index is 1.57. The van der Waals surface area contributed by atoms with E-state index in [0.717, 1.165) is 6.26 Å². The minimum absolute atomic E-state index is 0.0593. The predicted octanol–water partition coefficient (Wildman–Crippen LogP) is 5.13. The van der Waals surface area contributed by atoms with Gasteiger partial charge in [-0.05, 0) is 54.8 Å². The summed E-state index contributed by atoms with van der Waals surface area (Å²) >= 11 is 11.9. The molecule has 0 saturated carbocycles. The quantitative estimate of drug-likeness (QED) is 0.491. The van der Waals surface area contributed by atoms with Crippen LogP contribution in [-0.4, -0.2) is 39.1 Å². The summed E-state index contributed by atoms with van der Waals surface area (Å²) in [5.41, 5.74) is 1.06. The van der Waals surface area contributed by atoms with Gasteiger partial charge in [-0.1, -0.05) is 47.5 Å². The number of anilines is 1. The van der Waals surface area contributed by atoms with Crippen molar-refractivity contribution in [3.8, 4) is 11.1 Å². The molecule has 1 unspecified atom stereocenters. The van der Waals surface area contributed by atoms with Crippen molar-refractivity contribution >= 4 is 50.5 Å². The normalized spacial score (nSPS) is 16.3. The van der Waals surface area contributed by atoms with Crippen molar-refractivity contribution in [1.82, 2.24) is 5.32 Å². The molecule has 35 heavy (non-hydrogen) atoms. The molecule has 4 rings (SSSR count). The number of nitrogens with zero attached hydrogens (tertiary/aromatic N) is 1. The van der Waals surface area contributed by atoms with E-state index in [4.69, 9.17) is 23.2 Å². The number of piperidine rings is 1. The van der Waals surface area contributed by atoms with Crippen LogP contribution in [0.4, 0.5) is 10.1 Å². The molecule has 1 aliphatic heterocycles. The highest BCUT2D eigenvalue weighted by Gasteiger charge is 2.32. The van der Waals surface area contributed by atoms with Crippen LogP contribution >= 0.6 is 23.2 Å². The standard InChI is InChI=1S/C25H21Cl2FN2O4S/c1-35(33,34)23-7-3-2-5-17(23)15-9-11-22(20(28)14-15)30-12-4-6-21(25(30)32)29-24(31)16-8-10-18(26)19(27)13-16/h2-3,5,7-11,13-14,21H,4,6,12H2,1H3,(H,29,31). The van der Waals surface area contributed by atoms with Crippen molar-refractivity contribution in [2.45, 2.75) is 23.8 Å². The van der Waals surface area contributed by atoms with Gasteiger partial charge in [-0.15, -0.1) is 0 Å². The van der Waals surface area contributed by atoms with Gasteiger partial charge >= 0.3 is 0 Å². The molecule has 0 aliphatic carbocycles. The van der Waals surface area contributed by atoms with Crippen molar-refractivity contribution in [3.63, 3.8) is 0 Å². The summed E-state index contributed by atoms with van der Waals surface area (Å²) < 4.78 is 39.5. The van der Waals surface area contributed by atoms with Crippen LogP contribution in [0.15, 0.2) is 65.6 Å². The average molecular weight is 535 g/mol. The van der Waals surface area contributed by atoms with E-state index in [1.165, 1.54) is 41.3 Å². The van der Waals surface area contributed by atoms with E-state index in [2.05, 4.69) is 5.32 Å². The van der Waals surface area contributed by atoms with Gasteiger partial charge < -0.3 is 10.2 Å². The molecule has 1 aliphatic rings. The minimum Gasteiger partial charge on any atom is -0.340 e. The zero-order chi connectivity index (χ0) is 25.3. The van der Waals surface area contributed by atoms with Crippen LogP contribution in [0.25, 0.3) is 11.1 Å². The number of amides is 2. The third-order valence-electron chi connectivity index (χ3n) is 5.76. The van der Waals surface area contributed by atoms with E-state index in [-0.39, 0.29) is 27.7 Å². The molecule has 1 N–H and O–H groups in total. The number of rotatable bonds is 5. The highest BCUT2D eigenvalue weighted by molar-refractivity contribution is 7.90. The highest BCUT2D eigenvalue weighted by Crippen LogP contribution is 2.32. The molecule has 10 heteroatoms. The number of hydrogen-bond acceptors (Lipinski definition) is 4. The molecule has 0 aromatic heterocycles. The lowest BCUT2D eigenvalue weighted by molar-refractivity contribution is -0.121. The summed E-state index contributed by atoms with van der Waals surface area (Å²) in [6.45, 7) is 0.286. The summed E-state index contributed by atoms with van der Waals surface area (Å²) in [5.74, 6) is -1.60. The number of nitrogens with one attached hydrogen (secondary N) is 1. The second kappa shape index (κ2) is 9.97. The van der Waals surface area contributed by atoms with Crippen molar-refractivity contribution < 1.29 is 22.4 Å². The number of halogens is 3. The maximum Gasteiger partial charge on any atom is 0.251 e. The largest absolute Gasteiger partial charge is 0.340 e. The molecule has 0 bridgehead atoms. The van der Waals surface area contributed by atoms with Crippen LogP contribution in [0.3, 0.4) is 0 Å². The molecule has 1 fully saturated rings. The second-order valence-electron chi connectivity index (χ2n) is 8.22. The van der Waals surface area contributed by atoms with Crippen LogP contribution < -0.4 is 10.2 Å². The first-order chi connectivity index (χ1) is 16.6. The van der Waals surface area contributed by atoms with E-state index in [1.807, 2.05) is 0 Å². The zero-order valence-electron chi connectivity index (χ0n) is 18.6. The van der Waals surface area contributed by atoms with Gasteiger partial charge in [-0.3, -0.25) is 9.59 Å². The van der Waals surface area contributed by atoms with Crippen LogP contribution in [0.1, 0.15) is 23.2 Å².